The van der Waals surface area contributed by atoms with Crippen LogP contribution in [-0.4, -0.2) is 28.0 Å². The Labute approximate surface area is 125 Å². The van der Waals surface area contributed by atoms with Crippen LogP contribution in [0.2, 0.25) is 18.1 Å². The van der Waals surface area contributed by atoms with Gasteiger partial charge in [-0.25, -0.2) is 0 Å². The summed E-state index contributed by atoms with van der Waals surface area (Å²) < 4.78 is 11.1. The second-order valence-electron chi connectivity index (χ2n) is 7.64. The van der Waals surface area contributed by atoms with Gasteiger partial charge in [-0.3, -0.25) is 4.79 Å². The number of carbonyl (C=O) groups is 1. The summed E-state index contributed by atoms with van der Waals surface area (Å²) in [7, 11) is -0.113. The van der Waals surface area contributed by atoms with Gasteiger partial charge < -0.3 is 9.16 Å². The Morgan fingerprint density at radius 2 is 1.70 bits per heavy atom. The minimum Gasteiger partial charge on any atom is -0.469 e. The highest BCUT2D eigenvalue weighted by molar-refractivity contribution is 6.74. The fourth-order valence-corrected chi connectivity index (χ4v) is 3.61. The molecule has 1 aliphatic rings. The molecule has 0 N–H and O–H groups in total. The molecule has 0 amide bonds. The Morgan fingerprint density at radius 1 is 1.15 bits per heavy atom. The summed E-state index contributed by atoms with van der Waals surface area (Å²) >= 11 is 0. The molecule has 0 heterocycles. The molecular weight excluding hydrogens is 268 g/mol. The molecule has 3 nitrogen and oxygen atoms in total. The van der Waals surface area contributed by atoms with Gasteiger partial charge in [-0.1, -0.05) is 20.8 Å². The van der Waals surface area contributed by atoms with Gasteiger partial charge in [-0.15, -0.1) is 0 Å². The predicted molar refractivity (Wildman–Crippen MR) is 85.2 cm³/mol. The van der Waals surface area contributed by atoms with Crippen molar-refractivity contribution in [3.05, 3.63) is 0 Å². The van der Waals surface area contributed by atoms with E-state index < -0.39 is 8.32 Å². The summed E-state index contributed by atoms with van der Waals surface area (Å²) in [5.74, 6) is 0.833. The Morgan fingerprint density at radius 3 is 2.15 bits per heavy atom. The van der Waals surface area contributed by atoms with Crippen molar-refractivity contribution in [2.45, 2.75) is 71.0 Å². The smallest absolute Gasteiger partial charge is 0.308 e. The third kappa shape index (κ3) is 4.88. The maximum atomic E-state index is 11.5. The Bertz CT molecular complexity index is 312. The van der Waals surface area contributed by atoms with Gasteiger partial charge in [0.1, 0.15) is 0 Å². The monoisotopic (exact) mass is 300 g/mol. The van der Waals surface area contributed by atoms with E-state index in [1.54, 1.807) is 0 Å². The zero-order chi connectivity index (χ0) is 15.4. The predicted octanol–water partition coefficient (Wildman–Crippen LogP) is 4.38. The summed E-state index contributed by atoms with van der Waals surface area (Å²) in [6, 6.07) is 0. The van der Waals surface area contributed by atoms with Gasteiger partial charge in [-0.05, 0) is 56.2 Å². The highest BCUT2D eigenvalue weighted by atomic mass is 28.4. The Hall–Kier alpha value is -0.353. The molecule has 1 fully saturated rings. The number of methoxy groups -OCH3 is 1. The van der Waals surface area contributed by atoms with Crippen molar-refractivity contribution in [1.29, 1.82) is 0 Å². The van der Waals surface area contributed by atoms with Crippen molar-refractivity contribution in [3.63, 3.8) is 0 Å². The quantitative estimate of drug-likeness (QED) is 0.558. The van der Waals surface area contributed by atoms with Crippen molar-refractivity contribution < 1.29 is 14.0 Å². The summed E-state index contributed by atoms with van der Waals surface area (Å²) in [6.07, 6.45) is 5.39. The van der Waals surface area contributed by atoms with E-state index in [1.807, 2.05) is 0 Å². The molecule has 0 atom stereocenters. The van der Waals surface area contributed by atoms with Crippen molar-refractivity contribution >= 4 is 14.3 Å². The molecule has 1 aliphatic carbocycles. The summed E-state index contributed by atoms with van der Waals surface area (Å²) in [5.41, 5.74) is 0. The van der Waals surface area contributed by atoms with E-state index in [0.717, 1.165) is 44.6 Å². The molecule has 0 aromatic rings. The van der Waals surface area contributed by atoms with Crippen LogP contribution in [0.15, 0.2) is 0 Å². The van der Waals surface area contributed by atoms with Crippen LogP contribution in [0.5, 0.6) is 0 Å². The lowest BCUT2D eigenvalue weighted by molar-refractivity contribution is -0.146. The van der Waals surface area contributed by atoms with Gasteiger partial charge in [-0.2, -0.15) is 0 Å². The fraction of sp³-hybridized carbons (Fsp3) is 0.938. The maximum Gasteiger partial charge on any atom is 0.308 e. The number of ether oxygens (including phenoxy) is 1. The van der Waals surface area contributed by atoms with Crippen LogP contribution in [0.25, 0.3) is 0 Å². The first-order valence-corrected chi connectivity index (χ1v) is 10.8. The number of rotatable bonds is 5. The molecule has 0 unspecified atom stereocenters. The normalized spacial score (nSPS) is 24.5. The highest BCUT2D eigenvalue weighted by Gasteiger charge is 2.37. The van der Waals surface area contributed by atoms with Crippen molar-refractivity contribution in [2.75, 3.05) is 13.7 Å². The van der Waals surface area contributed by atoms with E-state index in [1.165, 1.54) is 7.11 Å². The molecule has 0 aliphatic heterocycles. The Balaban J connectivity index is 2.27. The van der Waals surface area contributed by atoms with Gasteiger partial charge in [0.05, 0.1) is 13.0 Å². The lowest BCUT2D eigenvalue weighted by Gasteiger charge is -2.37. The topological polar surface area (TPSA) is 35.5 Å². The van der Waals surface area contributed by atoms with Crippen molar-refractivity contribution in [1.82, 2.24) is 0 Å². The van der Waals surface area contributed by atoms with Crippen LogP contribution in [0, 0.1) is 11.8 Å². The number of hydrogen-bond donors (Lipinski definition) is 0. The molecule has 20 heavy (non-hydrogen) atoms. The largest absolute Gasteiger partial charge is 0.469 e. The molecule has 1 saturated carbocycles. The zero-order valence-corrected chi connectivity index (χ0v) is 15.1. The second kappa shape index (κ2) is 7.08. The molecule has 4 heteroatoms. The lowest BCUT2D eigenvalue weighted by atomic mass is 9.81. The number of hydrogen-bond acceptors (Lipinski definition) is 3. The first-order chi connectivity index (χ1) is 9.17. The van der Waals surface area contributed by atoms with Gasteiger partial charge >= 0.3 is 5.97 Å². The van der Waals surface area contributed by atoms with E-state index in [0.29, 0.717) is 0 Å². The SMILES string of the molecule is COC(=O)C1CCC(CCO[Si](C)(C)C(C)(C)C)CC1. The average Bonchev–Trinajstić information content (AvgIpc) is 2.37. The molecule has 118 valence electrons. The second-order valence-corrected chi connectivity index (χ2v) is 12.4. The summed E-state index contributed by atoms with van der Waals surface area (Å²) in [4.78, 5) is 11.5. The maximum absolute atomic E-state index is 11.5. The van der Waals surface area contributed by atoms with E-state index in [2.05, 4.69) is 33.9 Å². The third-order valence-electron chi connectivity index (χ3n) is 5.18. The van der Waals surface area contributed by atoms with Gasteiger partial charge in [0.15, 0.2) is 8.32 Å². The number of esters is 1. The van der Waals surface area contributed by atoms with Gasteiger partial charge in [0, 0.05) is 6.61 Å². The number of carbonyl (C=O) groups excluding carboxylic acids is 1. The van der Waals surface area contributed by atoms with E-state index in [4.69, 9.17) is 9.16 Å². The molecular formula is C16H32O3Si. The molecule has 0 spiro atoms. The third-order valence-corrected chi connectivity index (χ3v) is 9.71. The molecule has 0 bridgehead atoms. The minimum absolute atomic E-state index is 0.0269. The van der Waals surface area contributed by atoms with Crippen LogP contribution < -0.4 is 0 Å². The summed E-state index contributed by atoms with van der Waals surface area (Å²) in [6.45, 7) is 12.3. The fourth-order valence-electron chi connectivity index (χ4n) is 2.55. The molecule has 1 rings (SSSR count). The molecule has 0 aromatic heterocycles. The average molecular weight is 301 g/mol. The van der Waals surface area contributed by atoms with E-state index in [-0.39, 0.29) is 16.9 Å². The lowest BCUT2D eigenvalue weighted by Crippen LogP contribution is -2.41. The van der Waals surface area contributed by atoms with E-state index >= 15 is 0 Å². The van der Waals surface area contributed by atoms with Crippen LogP contribution in [-0.2, 0) is 14.0 Å². The molecule has 0 saturated heterocycles. The van der Waals surface area contributed by atoms with Crippen molar-refractivity contribution in [2.24, 2.45) is 11.8 Å². The Kier molecular flexibility index (Phi) is 6.26. The molecule has 0 aromatic carbocycles. The van der Waals surface area contributed by atoms with Gasteiger partial charge in [0.25, 0.3) is 0 Å². The molecule has 0 radical (unpaired) electrons. The highest BCUT2D eigenvalue weighted by Crippen LogP contribution is 2.37. The van der Waals surface area contributed by atoms with Crippen molar-refractivity contribution in [3.8, 4) is 0 Å². The van der Waals surface area contributed by atoms with Crippen LogP contribution >= 0.6 is 0 Å². The first kappa shape index (κ1) is 17.7. The first-order valence-electron chi connectivity index (χ1n) is 7.89. The van der Waals surface area contributed by atoms with Crippen LogP contribution in [0.3, 0.4) is 0 Å². The van der Waals surface area contributed by atoms with Gasteiger partial charge in [0.2, 0.25) is 0 Å². The standard InChI is InChI=1S/C16H32O3Si/c1-16(2,3)20(5,6)19-12-11-13-7-9-14(10-8-13)15(17)18-4/h13-14H,7-12H2,1-6H3. The minimum atomic E-state index is -1.60. The van der Waals surface area contributed by atoms with Crippen LogP contribution in [0.4, 0.5) is 0 Å². The van der Waals surface area contributed by atoms with E-state index in [9.17, 15) is 4.79 Å². The zero-order valence-electron chi connectivity index (χ0n) is 14.1. The summed E-state index contributed by atoms with van der Waals surface area (Å²) in [5, 5.41) is 0.287. The van der Waals surface area contributed by atoms with Crippen LogP contribution in [0.1, 0.15) is 52.9 Å².